The fourth-order valence-electron chi connectivity index (χ4n) is 8.79. The number of hydrogen-bond donors (Lipinski definition) is 2. The summed E-state index contributed by atoms with van der Waals surface area (Å²) in [4.78, 5) is 18.6. The standard InChI is InChI=1S/C33H32ClN5O2S/c1-32-11-9-20(40)13-18(32)5-8-21-24(32)10-12-33(2)25(21)14-26-28(33)38-31(42-26)39-30-23(16-36)27(22(15-35)29(37)41-30)17-3-6-19(34)7-4-17/h3-4,6-7,13,21,24-25,27H,5,8-12,14,37H2,1-2H3,(H,38,39)/t21-,24+,25+,27?,32+,33+/m1/s1. The van der Waals surface area contributed by atoms with Crippen LogP contribution in [0.4, 0.5) is 5.13 Å². The lowest BCUT2D eigenvalue weighted by atomic mass is 9.47. The van der Waals surface area contributed by atoms with E-state index in [0.717, 1.165) is 49.8 Å². The summed E-state index contributed by atoms with van der Waals surface area (Å²) in [6.45, 7) is 4.80. The average molecular weight is 598 g/mol. The molecule has 7 rings (SSSR count). The Balaban J connectivity index is 1.18. The number of nitrogens with one attached hydrogen (secondary N) is 1. The molecule has 0 radical (unpaired) electrons. The fraction of sp³-hybridized carbons (Fsp3) is 0.455. The van der Waals surface area contributed by atoms with E-state index < -0.39 is 5.92 Å². The van der Waals surface area contributed by atoms with Gasteiger partial charge in [0.05, 0.1) is 11.6 Å². The SMILES string of the molecule is C[C@]12CCC(=O)C=C1CC[C@@H]1[C@@H]2CC[C@]2(C)c3nc(NC4=C(C#N)C(c5ccc(Cl)cc5)C(C#N)=C(N)O4)sc3C[C@@H]12. The van der Waals surface area contributed by atoms with Crippen molar-refractivity contribution in [2.45, 2.75) is 70.1 Å². The highest BCUT2D eigenvalue weighted by atomic mass is 35.5. The minimum absolute atomic E-state index is 0.00634. The summed E-state index contributed by atoms with van der Waals surface area (Å²) >= 11 is 7.71. The molecule has 2 saturated carbocycles. The van der Waals surface area contributed by atoms with E-state index in [9.17, 15) is 15.3 Å². The number of fused-ring (bicyclic) bond motifs is 7. The summed E-state index contributed by atoms with van der Waals surface area (Å²) in [6.07, 6.45) is 9.02. The van der Waals surface area contributed by atoms with E-state index in [2.05, 4.69) is 31.3 Å². The molecule has 42 heavy (non-hydrogen) atoms. The van der Waals surface area contributed by atoms with Crippen LogP contribution in [0.3, 0.4) is 0 Å². The number of thiazole rings is 1. The van der Waals surface area contributed by atoms with Gasteiger partial charge in [-0.3, -0.25) is 4.79 Å². The molecule has 5 aliphatic rings. The number of ketones is 1. The van der Waals surface area contributed by atoms with Crippen LogP contribution in [0.25, 0.3) is 0 Å². The lowest BCUT2D eigenvalue weighted by molar-refractivity contribution is -0.117. The number of benzene rings is 1. The maximum Gasteiger partial charge on any atom is 0.216 e. The van der Waals surface area contributed by atoms with Crippen LogP contribution in [0.1, 0.15) is 74.4 Å². The van der Waals surface area contributed by atoms with Crippen molar-refractivity contribution in [3.8, 4) is 12.1 Å². The Morgan fingerprint density at radius 2 is 1.83 bits per heavy atom. The average Bonchev–Trinajstić information content (AvgIpc) is 3.49. The smallest absolute Gasteiger partial charge is 0.216 e. The van der Waals surface area contributed by atoms with Gasteiger partial charge in [-0.1, -0.05) is 43.2 Å². The van der Waals surface area contributed by atoms with Crippen LogP contribution < -0.4 is 11.1 Å². The normalized spacial score (nSPS) is 33.4. The summed E-state index contributed by atoms with van der Waals surface area (Å²) in [5.41, 5.74) is 10.1. The molecule has 1 aromatic heterocycles. The Morgan fingerprint density at radius 1 is 1.07 bits per heavy atom. The molecule has 0 spiro atoms. The van der Waals surface area contributed by atoms with Gasteiger partial charge in [0.15, 0.2) is 10.9 Å². The van der Waals surface area contributed by atoms with Gasteiger partial charge in [0, 0.05) is 21.7 Å². The minimum atomic E-state index is -0.667. The zero-order chi connectivity index (χ0) is 29.4. The minimum Gasteiger partial charge on any atom is -0.423 e. The van der Waals surface area contributed by atoms with Crippen LogP contribution in [-0.4, -0.2) is 10.8 Å². The second-order valence-corrected chi connectivity index (χ2v) is 14.4. The molecule has 2 fully saturated rings. The number of nitrogens with two attached hydrogens (primary N) is 1. The molecule has 4 aliphatic carbocycles. The molecular weight excluding hydrogens is 566 g/mol. The third-order valence-electron chi connectivity index (χ3n) is 11.0. The summed E-state index contributed by atoms with van der Waals surface area (Å²) in [5.74, 6) is 1.59. The van der Waals surface area contributed by atoms with Crippen molar-refractivity contribution in [3.63, 3.8) is 0 Å². The number of nitriles is 2. The van der Waals surface area contributed by atoms with E-state index in [-0.39, 0.29) is 33.7 Å². The molecule has 0 saturated heterocycles. The number of anilines is 1. The number of ether oxygens (including phenoxy) is 1. The molecule has 0 bridgehead atoms. The first-order valence-corrected chi connectivity index (χ1v) is 15.8. The Labute approximate surface area is 254 Å². The van der Waals surface area contributed by atoms with Gasteiger partial charge in [0.25, 0.3) is 0 Å². The van der Waals surface area contributed by atoms with E-state index in [0.29, 0.717) is 40.1 Å². The maximum absolute atomic E-state index is 12.2. The number of aromatic nitrogens is 1. The number of hydrogen-bond acceptors (Lipinski definition) is 8. The number of carbonyl (C=O) groups excluding carboxylic acids is 1. The van der Waals surface area contributed by atoms with Gasteiger partial charge in [-0.25, -0.2) is 4.98 Å². The summed E-state index contributed by atoms with van der Waals surface area (Å²) in [5, 5.41) is 24.5. The van der Waals surface area contributed by atoms with Crippen LogP contribution in [0, 0.1) is 45.8 Å². The quantitative estimate of drug-likeness (QED) is 0.390. The van der Waals surface area contributed by atoms with Crippen molar-refractivity contribution >= 4 is 33.9 Å². The van der Waals surface area contributed by atoms with E-state index in [1.165, 1.54) is 10.5 Å². The van der Waals surface area contributed by atoms with Crippen molar-refractivity contribution in [2.24, 2.45) is 28.9 Å². The Kier molecular flexibility index (Phi) is 6.31. The lowest BCUT2D eigenvalue weighted by Gasteiger charge is -2.57. The number of rotatable bonds is 3. The number of allylic oxidation sites excluding steroid dienone is 4. The molecule has 7 nitrogen and oxygen atoms in total. The van der Waals surface area contributed by atoms with Crippen LogP contribution in [0.2, 0.25) is 5.02 Å². The van der Waals surface area contributed by atoms with E-state index in [1.54, 1.807) is 35.6 Å². The number of halogens is 1. The predicted octanol–water partition coefficient (Wildman–Crippen LogP) is 7.00. The van der Waals surface area contributed by atoms with Crippen molar-refractivity contribution in [1.82, 2.24) is 4.98 Å². The van der Waals surface area contributed by atoms with E-state index in [4.69, 9.17) is 27.1 Å². The zero-order valence-electron chi connectivity index (χ0n) is 23.7. The predicted molar refractivity (Wildman–Crippen MR) is 161 cm³/mol. The van der Waals surface area contributed by atoms with Crippen LogP contribution in [-0.2, 0) is 21.4 Å². The second kappa shape index (κ2) is 9.73. The molecule has 1 unspecified atom stereocenters. The number of carbonyl (C=O) groups is 1. The van der Waals surface area contributed by atoms with Gasteiger partial charge in [-0.15, -0.1) is 11.3 Å². The molecule has 3 N–H and O–H groups in total. The highest BCUT2D eigenvalue weighted by Crippen LogP contribution is 2.65. The molecule has 214 valence electrons. The molecule has 1 aromatic carbocycles. The molecule has 2 aromatic rings. The molecule has 2 heterocycles. The van der Waals surface area contributed by atoms with Gasteiger partial charge < -0.3 is 15.8 Å². The van der Waals surface area contributed by atoms with Crippen molar-refractivity contribution < 1.29 is 9.53 Å². The Bertz CT molecular complexity index is 1690. The van der Waals surface area contributed by atoms with Crippen LogP contribution >= 0.6 is 22.9 Å². The van der Waals surface area contributed by atoms with Crippen LogP contribution in [0.5, 0.6) is 0 Å². The highest BCUT2D eigenvalue weighted by molar-refractivity contribution is 7.15. The first-order chi connectivity index (χ1) is 20.2. The topological polar surface area (TPSA) is 125 Å². The van der Waals surface area contributed by atoms with Crippen molar-refractivity contribution in [3.05, 3.63) is 80.0 Å². The molecular formula is C33H32ClN5O2S. The third-order valence-corrected chi connectivity index (χ3v) is 12.2. The maximum atomic E-state index is 12.2. The van der Waals surface area contributed by atoms with Crippen molar-refractivity contribution in [1.29, 1.82) is 10.5 Å². The van der Waals surface area contributed by atoms with E-state index >= 15 is 0 Å². The molecule has 6 atom stereocenters. The first-order valence-electron chi connectivity index (χ1n) is 14.6. The zero-order valence-corrected chi connectivity index (χ0v) is 25.2. The summed E-state index contributed by atoms with van der Waals surface area (Å²) in [7, 11) is 0. The Hall–Kier alpha value is -3.59. The Morgan fingerprint density at radius 3 is 2.57 bits per heavy atom. The van der Waals surface area contributed by atoms with Gasteiger partial charge in [0.1, 0.15) is 23.3 Å². The molecule has 9 heteroatoms. The first kappa shape index (κ1) is 27.3. The number of nitrogens with zero attached hydrogens (tertiary/aromatic N) is 3. The summed E-state index contributed by atoms with van der Waals surface area (Å²) < 4.78 is 5.84. The second-order valence-electron chi connectivity index (χ2n) is 12.9. The molecule has 0 amide bonds. The largest absolute Gasteiger partial charge is 0.423 e. The monoisotopic (exact) mass is 597 g/mol. The highest BCUT2D eigenvalue weighted by Gasteiger charge is 2.59. The van der Waals surface area contributed by atoms with Crippen LogP contribution in [0.15, 0.2) is 58.8 Å². The molecule has 1 aliphatic heterocycles. The van der Waals surface area contributed by atoms with Gasteiger partial charge in [-0.05, 0) is 85.5 Å². The van der Waals surface area contributed by atoms with Gasteiger partial charge in [-0.2, -0.15) is 10.5 Å². The lowest BCUT2D eigenvalue weighted by Crippen LogP contribution is -2.51. The fourth-order valence-corrected chi connectivity index (χ4v) is 10.1. The summed E-state index contributed by atoms with van der Waals surface area (Å²) in [6, 6.07) is 11.4. The van der Waals surface area contributed by atoms with Crippen molar-refractivity contribution in [2.75, 3.05) is 5.32 Å². The third kappa shape index (κ3) is 3.96. The van der Waals surface area contributed by atoms with Gasteiger partial charge in [0.2, 0.25) is 11.8 Å². The van der Waals surface area contributed by atoms with E-state index in [1.807, 2.05) is 6.08 Å². The van der Waals surface area contributed by atoms with Gasteiger partial charge >= 0.3 is 0 Å².